The van der Waals surface area contributed by atoms with Gasteiger partial charge in [-0.1, -0.05) is 0 Å². The van der Waals surface area contributed by atoms with Gasteiger partial charge in [-0.3, -0.25) is 10.1 Å². The number of nitrogens with zero attached hydrogens (tertiary/aromatic N) is 2. The van der Waals surface area contributed by atoms with Crippen LogP contribution in [-0.2, 0) is 9.53 Å². The highest BCUT2D eigenvalue weighted by atomic mass is 16.6. The number of hydrogen-bond donors (Lipinski definition) is 0. The van der Waals surface area contributed by atoms with Crippen LogP contribution in [0.1, 0.15) is 18.4 Å². The van der Waals surface area contributed by atoms with E-state index < -0.39 is 17.0 Å². The van der Waals surface area contributed by atoms with Gasteiger partial charge in [0.15, 0.2) is 11.9 Å². The molecule has 1 atom stereocenters. The molecule has 0 bridgehead atoms. The van der Waals surface area contributed by atoms with Gasteiger partial charge in [0.2, 0.25) is 0 Å². The predicted octanol–water partition coefficient (Wildman–Crippen LogP) is 1.80. The Morgan fingerprint density at radius 2 is 2.25 bits per heavy atom. The van der Waals surface area contributed by atoms with E-state index in [9.17, 15) is 14.9 Å². The number of carbonyl (C=O) groups excluding carboxylic acids is 1. The maximum absolute atomic E-state index is 11.6. The number of nitro groups is 1. The third kappa shape index (κ3) is 2.85. The molecule has 0 saturated heterocycles. The highest BCUT2D eigenvalue weighted by Gasteiger charge is 2.40. The number of hydrogen-bond acceptors (Lipinski definition) is 6. The summed E-state index contributed by atoms with van der Waals surface area (Å²) in [4.78, 5) is 22.0. The minimum atomic E-state index is -0.841. The molecule has 0 amide bonds. The first-order valence-electron chi connectivity index (χ1n) is 6.00. The van der Waals surface area contributed by atoms with Crippen molar-refractivity contribution >= 4 is 11.7 Å². The van der Waals surface area contributed by atoms with Crippen molar-refractivity contribution in [2.24, 2.45) is 5.92 Å². The number of benzene rings is 1. The van der Waals surface area contributed by atoms with E-state index in [2.05, 4.69) is 4.74 Å². The number of nitriles is 1. The average Bonchev–Trinajstić information content (AvgIpc) is 3.28. The zero-order valence-corrected chi connectivity index (χ0v) is 10.7. The maximum Gasteiger partial charge on any atom is 0.347 e. The van der Waals surface area contributed by atoms with Crippen molar-refractivity contribution in [3.8, 4) is 11.8 Å². The third-order valence-electron chi connectivity index (χ3n) is 3.02. The largest absolute Gasteiger partial charge is 0.471 e. The Morgan fingerprint density at radius 1 is 1.55 bits per heavy atom. The van der Waals surface area contributed by atoms with Crippen LogP contribution in [0.4, 0.5) is 5.69 Å². The number of methoxy groups -OCH3 is 1. The minimum Gasteiger partial charge on any atom is -0.471 e. The molecule has 0 aliphatic heterocycles. The standard InChI is InChI=1S/C13H12N2O5/c1-19-13(16)12(9-3-4-9)20-11-5-2-8(7-14)6-10(11)15(17)18/h2,5-6,9,12H,3-4H2,1H3. The molecule has 1 unspecified atom stereocenters. The van der Waals surface area contributed by atoms with Gasteiger partial charge in [-0.2, -0.15) is 5.26 Å². The van der Waals surface area contributed by atoms with Gasteiger partial charge in [-0.05, 0) is 25.0 Å². The van der Waals surface area contributed by atoms with Crippen LogP contribution in [0, 0.1) is 27.4 Å². The van der Waals surface area contributed by atoms with Crippen LogP contribution in [0.25, 0.3) is 0 Å². The minimum absolute atomic E-state index is 0.0256. The van der Waals surface area contributed by atoms with Gasteiger partial charge in [0.25, 0.3) is 0 Å². The maximum atomic E-state index is 11.6. The number of nitro benzene ring substituents is 1. The average molecular weight is 276 g/mol. The SMILES string of the molecule is COC(=O)C(Oc1ccc(C#N)cc1[N+](=O)[O-])C1CC1. The predicted molar refractivity (Wildman–Crippen MR) is 67.0 cm³/mol. The second-order valence-electron chi connectivity index (χ2n) is 4.45. The van der Waals surface area contributed by atoms with E-state index >= 15 is 0 Å². The molecule has 1 saturated carbocycles. The molecule has 0 heterocycles. The molecule has 1 aliphatic carbocycles. The van der Waals surface area contributed by atoms with E-state index in [0.29, 0.717) is 0 Å². The second kappa shape index (κ2) is 5.57. The Balaban J connectivity index is 2.29. The number of esters is 1. The summed E-state index contributed by atoms with van der Waals surface area (Å²) in [5.41, 5.74) is -0.177. The molecule has 104 valence electrons. The van der Waals surface area contributed by atoms with Gasteiger partial charge in [0.05, 0.1) is 23.7 Å². The van der Waals surface area contributed by atoms with E-state index in [1.807, 2.05) is 6.07 Å². The zero-order chi connectivity index (χ0) is 14.7. The van der Waals surface area contributed by atoms with Crippen LogP contribution < -0.4 is 4.74 Å². The summed E-state index contributed by atoms with van der Waals surface area (Å²) in [5.74, 6) is -0.555. The zero-order valence-electron chi connectivity index (χ0n) is 10.7. The third-order valence-corrected chi connectivity index (χ3v) is 3.02. The van der Waals surface area contributed by atoms with Crippen LogP contribution in [-0.4, -0.2) is 24.1 Å². The van der Waals surface area contributed by atoms with Crippen LogP contribution in [0.15, 0.2) is 18.2 Å². The fourth-order valence-corrected chi connectivity index (χ4v) is 1.82. The summed E-state index contributed by atoms with van der Waals surface area (Å²) in [7, 11) is 1.24. The molecular formula is C13H12N2O5. The molecule has 1 aromatic rings. The molecule has 0 aromatic heterocycles. The van der Waals surface area contributed by atoms with Crippen LogP contribution in [0.3, 0.4) is 0 Å². The fourth-order valence-electron chi connectivity index (χ4n) is 1.82. The van der Waals surface area contributed by atoms with Gasteiger partial charge in [-0.15, -0.1) is 0 Å². The van der Waals surface area contributed by atoms with Gasteiger partial charge in [-0.25, -0.2) is 4.79 Å². The Hall–Kier alpha value is -2.62. The van der Waals surface area contributed by atoms with Gasteiger partial charge in [0.1, 0.15) is 0 Å². The molecule has 1 aliphatic rings. The van der Waals surface area contributed by atoms with Crippen molar-refractivity contribution in [3.63, 3.8) is 0 Å². The monoisotopic (exact) mass is 276 g/mol. The quantitative estimate of drug-likeness (QED) is 0.461. The number of carbonyl (C=O) groups is 1. The molecule has 1 aromatic carbocycles. The molecule has 7 nitrogen and oxygen atoms in total. The summed E-state index contributed by atoms with van der Waals surface area (Å²) in [6.45, 7) is 0. The van der Waals surface area contributed by atoms with Crippen molar-refractivity contribution in [2.45, 2.75) is 18.9 Å². The Kier molecular flexibility index (Phi) is 3.84. The lowest BCUT2D eigenvalue weighted by Crippen LogP contribution is -2.30. The molecule has 2 rings (SSSR count). The van der Waals surface area contributed by atoms with E-state index in [0.717, 1.165) is 18.9 Å². The van der Waals surface area contributed by atoms with Crippen molar-refractivity contribution < 1.29 is 19.2 Å². The first-order chi connectivity index (χ1) is 9.56. The number of rotatable bonds is 5. The molecule has 0 radical (unpaired) electrons. The van der Waals surface area contributed by atoms with E-state index in [4.69, 9.17) is 10.00 Å². The molecule has 0 spiro atoms. The first-order valence-corrected chi connectivity index (χ1v) is 6.00. The second-order valence-corrected chi connectivity index (χ2v) is 4.45. The van der Waals surface area contributed by atoms with E-state index in [1.165, 1.54) is 19.2 Å². The summed E-state index contributed by atoms with van der Waals surface area (Å²) in [5, 5.41) is 19.7. The Bertz CT molecular complexity index is 589. The van der Waals surface area contributed by atoms with Crippen molar-refractivity contribution in [1.82, 2.24) is 0 Å². The lowest BCUT2D eigenvalue weighted by atomic mass is 10.2. The van der Waals surface area contributed by atoms with Crippen molar-refractivity contribution in [1.29, 1.82) is 5.26 Å². The van der Waals surface area contributed by atoms with Crippen LogP contribution in [0.5, 0.6) is 5.75 Å². The fraction of sp³-hybridized carbons (Fsp3) is 0.385. The molecule has 0 N–H and O–H groups in total. The smallest absolute Gasteiger partial charge is 0.347 e. The van der Waals surface area contributed by atoms with Gasteiger partial charge < -0.3 is 9.47 Å². The lowest BCUT2D eigenvalue weighted by molar-refractivity contribution is -0.386. The van der Waals surface area contributed by atoms with Crippen LogP contribution >= 0.6 is 0 Å². The normalized spacial score (nSPS) is 15.0. The van der Waals surface area contributed by atoms with Crippen molar-refractivity contribution in [3.05, 3.63) is 33.9 Å². The number of ether oxygens (including phenoxy) is 2. The topological polar surface area (TPSA) is 102 Å². The highest BCUT2D eigenvalue weighted by Crippen LogP contribution is 2.37. The lowest BCUT2D eigenvalue weighted by Gasteiger charge is -2.16. The molecule has 1 fully saturated rings. The summed E-state index contributed by atoms with van der Waals surface area (Å²) < 4.78 is 10.1. The van der Waals surface area contributed by atoms with E-state index in [1.54, 1.807) is 0 Å². The molecule has 20 heavy (non-hydrogen) atoms. The highest BCUT2D eigenvalue weighted by molar-refractivity contribution is 5.76. The van der Waals surface area contributed by atoms with Gasteiger partial charge >= 0.3 is 11.7 Å². The summed E-state index contributed by atoms with van der Waals surface area (Å²) in [6.07, 6.45) is 0.805. The van der Waals surface area contributed by atoms with Crippen LogP contribution in [0.2, 0.25) is 0 Å². The summed E-state index contributed by atoms with van der Waals surface area (Å²) >= 11 is 0. The molecule has 7 heteroatoms. The molecular weight excluding hydrogens is 264 g/mol. The van der Waals surface area contributed by atoms with E-state index in [-0.39, 0.29) is 22.9 Å². The Labute approximate surface area is 114 Å². The van der Waals surface area contributed by atoms with Crippen molar-refractivity contribution in [2.75, 3.05) is 7.11 Å². The first kappa shape index (κ1) is 13.8. The van der Waals surface area contributed by atoms with Gasteiger partial charge in [0, 0.05) is 12.0 Å². The summed E-state index contributed by atoms with van der Waals surface area (Å²) in [6, 6.07) is 5.68. The Morgan fingerprint density at radius 3 is 2.75 bits per heavy atom.